The zero-order chi connectivity index (χ0) is 16.8. The predicted molar refractivity (Wildman–Crippen MR) is 86.6 cm³/mol. The van der Waals surface area contributed by atoms with Gasteiger partial charge in [-0.2, -0.15) is 5.26 Å². The van der Waals surface area contributed by atoms with Crippen LogP contribution >= 0.6 is 0 Å². The number of amides is 1. The maximum Gasteiger partial charge on any atom is 0.328 e. The topological polar surface area (TPSA) is 79.2 Å². The maximum atomic E-state index is 12.6. The minimum atomic E-state index is -0.846. The number of nitrogens with zero attached hydrogens (tertiary/aromatic N) is 1. The average molecular weight is 310 g/mol. The average Bonchev–Trinajstić information content (AvgIpc) is 2.59. The van der Waals surface area contributed by atoms with Crippen molar-refractivity contribution in [2.45, 2.75) is 19.4 Å². The molecule has 2 rings (SSSR count). The van der Waals surface area contributed by atoms with Crippen molar-refractivity contribution in [3.8, 4) is 6.07 Å². The summed E-state index contributed by atoms with van der Waals surface area (Å²) < 4.78 is 4.72. The van der Waals surface area contributed by atoms with Gasteiger partial charge in [-0.1, -0.05) is 36.4 Å². The number of hydrogen-bond donors (Lipinski definition) is 1. The Morgan fingerprint density at radius 3 is 2.61 bits per heavy atom. The van der Waals surface area contributed by atoms with Gasteiger partial charge >= 0.3 is 5.97 Å². The monoisotopic (exact) mass is 310 g/mol. The molecule has 0 saturated heterocycles. The van der Waals surface area contributed by atoms with Crippen LogP contribution in [0.4, 0.5) is 0 Å². The lowest BCUT2D eigenvalue weighted by molar-refractivity contribution is -0.143. The van der Waals surface area contributed by atoms with E-state index in [1.807, 2.05) is 30.3 Å². The Labute approximate surface area is 134 Å². The Morgan fingerprint density at radius 1 is 1.22 bits per heavy atom. The van der Waals surface area contributed by atoms with Gasteiger partial charge < -0.3 is 10.1 Å². The Morgan fingerprint density at radius 2 is 1.91 bits per heavy atom. The molecule has 0 unspecified atom stereocenters. The lowest BCUT2D eigenvalue weighted by atomic mass is 10.0. The van der Waals surface area contributed by atoms with E-state index < -0.39 is 12.0 Å². The number of benzene rings is 2. The number of fused-ring (bicyclic) bond motifs is 1. The molecule has 0 saturated carbocycles. The number of rotatable bonds is 5. The SMILES string of the molecule is COC(=O)[C@@H](C[C@H](C)C#N)NC(=O)c1cccc2ccccc12. The molecule has 23 heavy (non-hydrogen) atoms. The molecular weight excluding hydrogens is 292 g/mol. The second-order valence-electron chi connectivity index (χ2n) is 5.34. The summed E-state index contributed by atoms with van der Waals surface area (Å²) in [7, 11) is 1.26. The van der Waals surface area contributed by atoms with Crippen molar-refractivity contribution in [3.63, 3.8) is 0 Å². The van der Waals surface area contributed by atoms with Crippen LogP contribution in [-0.4, -0.2) is 25.0 Å². The molecular formula is C18H18N2O3. The fourth-order valence-electron chi connectivity index (χ4n) is 2.42. The zero-order valence-electron chi connectivity index (χ0n) is 13.1. The van der Waals surface area contributed by atoms with E-state index in [0.717, 1.165) is 10.8 Å². The fraction of sp³-hybridized carbons (Fsp3) is 0.278. The highest BCUT2D eigenvalue weighted by molar-refractivity contribution is 6.07. The number of nitrogens with one attached hydrogen (secondary N) is 1. The molecule has 2 aromatic rings. The molecule has 5 nitrogen and oxygen atoms in total. The summed E-state index contributed by atoms with van der Waals surface area (Å²) in [4.78, 5) is 24.4. The second kappa shape index (κ2) is 7.41. The van der Waals surface area contributed by atoms with Gasteiger partial charge in [0.2, 0.25) is 0 Å². The molecule has 0 fully saturated rings. The summed E-state index contributed by atoms with van der Waals surface area (Å²) >= 11 is 0. The molecule has 0 aliphatic carbocycles. The first kappa shape index (κ1) is 16.5. The van der Waals surface area contributed by atoms with Gasteiger partial charge in [-0.25, -0.2) is 4.79 Å². The Hall–Kier alpha value is -2.87. The van der Waals surface area contributed by atoms with Gasteiger partial charge in [-0.05, 0) is 30.2 Å². The molecule has 2 aromatic carbocycles. The third-order valence-electron chi connectivity index (χ3n) is 3.63. The van der Waals surface area contributed by atoms with Gasteiger partial charge in [0.1, 0.15) is 6.04 Å². The van der Waals surface area contributed by atoms with Gasteiger partial charge in [0.25, 0.3) is 5.91 Å². The molecule has 1 amide bonds. The van der Waals surface area contributed by atoms with Crippen LogP contribution in [0.15, 0.2) is 42.5 Å². The molecule has 0 aliphatic rings. The van der Waals surface area contributed by atoms with Crippen molar-refractivity contribution < 1.29 is 14.3 Å². The number of carbonyl (C=O) groups is 2. The Kier molecular flexibility index (Phi) is 5.32. The van der Waals surface area contributed by atoms with Crippen LogP contribution in [0.25, 0.3) is 10.8 Å². The minimum absolute atomic E-state index is 0.208. The molecule has 118 valence electrons. The summed E-state index contributed by atoms with van der Waals surface area (Å²) in [6.07, 6.45) is 0.208. The van der Waals surface area contributed by atoms with Crippen LogP contribution in [0.1, 0.15) is 23.7 Å². The summed E-state index contributed by atoms with van der Waals surface area (Å²) in [6.45, 7) is 1.69. The van der Waals surface area contributed by atoms with Crippen molar-refractivity contribution >= 4 is 22.6 Å². The van der Waals surface area contributed by atoms with Crippen LogP contribution in [0.2, 0.25) is 0 Å². The van der Waals surface area contributed by atoms with Crippen molar-refractivity contribution in [2.75, 3.05) is 7.11 Å². The fourth-order valence-corrected chi connectivity index (χ4v) is 2.42. The van der Waals surface area contributed by atoms with E-state index in [0.29, 0.717) is 5.56 Å². The highest BCUT2D eigenvalue weighted by Crippen LogP contribution is 2.19. The van der Waals surface area contributed by atoms with Crippen LogP contribution in [0.5, 0.6) is 0 Å². The van der Waals surface area contributed by atoms with Crippen LogP contribution in [0.3, 0.4) is 0 Å². The van der Waals surface area contributed by atoms with E-state index in [1.165, 1.54) is 7.11 Å². The lowest BCUT2D eigenvalue weighted by Gasteiger charge is -2.18. The maximum absolute atomic E-state index is 12.6. The van der Waals surface area contributed by atoms with Gasteiger partial charge in [-0.3, -0.25) is 4.79 Å². The van der Waals surface area contributed by atoms with Crippen molar-refractivity contribution in [1.82, 2.24) is 5.32 Å². The highest BCUT2D eigenvalue weighted by atomic mass is 16.5. The molecule has 0 aliphatic heterocycles. The third kappa shape index (κ3) is 3.86. The first-order chi connectivity index (χ1) is 11.1. The number of carbonyl (C=O) groups excluding carboxylic acids is 2. The summed E-state index contributed by atoms with van der Waals surface area (Å²) in [5, 5.41) is 13.3. The Balaban J connectivity index is 2.27. The Bertz CT molecular complexity index is 759. The molecule has 0 heterocycles. The molecule has 1 N–H and O–H groups in total. The van der Waals surface area contributed by atoms with Gasteiger partial charge in [0.05, 0.1) is 13.2 Å². The lowest BCUT2D eigenvalue weighted by Crippen LogP contribution is -2.42. The van der Waals surface area contributed by atoms with E-state index >= 15 is 0 Å². The first-order valence-corrected chi connectivity index (χ1v) is 7.33. The van der Waals surface area contributed by atoms with Crippen LogP contribution in [-0.2, 0) is 9.53 Å². The van der Waals surface area contributed by atoms with Gasteiger partial charge in [0.15, 0.2) is 0 Å². The minimum Gasteiger partial charge on any atom is -0.467 e. The van der Waals surface area contributed by atoms with Gasteiger partial charge in [-0.15, -0.1) is 0 Å². The van der Waals surface area contributed by atoms with E-state index in [1.54, 1.807) is 19.1 Å². The first-order valence-electron chi connectivity index (χ1n) is 7.33. The normalized spacial score (nSPS) is 12.9. The molecule has 0 aromatic heterocycles. The molecule has 2 atom stereocenters. The summed E-state index contributed by atoms with van der Waals surface area (Å²) in [5.74, 6) is -1.28. The summed E-state index contributed by atoms with van der Waals surface area (Å²) in [5.41, 5.74) is 0.488. The van der Waals surface area contributed by atoms with Gasteiger partial charge in [0, 0.05) is 11.5 Å². The van der Waals surface area contributed by atoms with Crippen LogP contribution in [0, 0.1) is 17.2 Å². The predicted octanol–water partition coefficient (Wildman–Crippen LogP) is 2.66. The highest BCUT2D eigenvalue weighted by Gasteiger charge is 2.24. The van der Waals surface area contributed by atoms with E-state index in [9.17, 15) is 9.59 Å². The molecule has 0 radical (unpaired) electrons. The number of ether oxygens (including phenoxy) is 1. The molecule has 0 bridgehead atoms. The molecule has 0 spiro atoms. The number of hydrogen-bond acceptors (Lipinski definition) is 4. The smallest absolute Gasteiger partial charge is 0.328 e. The van der Waals surface area contributed by atoms with Crippen LogP contribution < -0.4 is 5.32 Å². The van der Waals surface area contributed by atoms with Crippen molar-refractivity contribution in [3.05, 3.63) is 48.0 Å². The van der Waals surface area contributed by atoms with Crippen molar-refractivity contribution in [2.24, 2.45) is 5.92 Å². The van der Waals surface area contributed by atoms with E-state index in [2.05, 4.69) is 11.4 Å². The molecule has 5 heteroatoms. The third-order valence-corrected chi connectivity index (χ3v) is 3.63. The largest absolute Gasteiger partial charge is 0.467 e. The number of nitriles is 1. The van der Waals surface area contributed by atoms with E-state index in [-0.39, 0.29) is 18.2 Å². The standard InChI is InChI=1S/C18H18N2O3/c1-12(11-19)10-16(18(22)23-2)20-17(21)15-9-5-7-13-6-3-4-8-14(13)15/h3-9,12,16H,10H2,1-2H3,(H,20,21)/t12-,16+/m0/s1. The number of esters is 1. The zero-order valence-corrected chi connectivity index (χ0v) is 13.1. The van der Waals surface area contributed by atoms with Crippen molar-refractivity contribution in [1.29, 1.82) is 5.26 Å². The second-order valence-corrected chi connectivity index (χ2v) is 5.34. The summed E-state index contributed by atoms with van der Waals surface area (Å²) in [6, 6.07) is 14.2. The van der Waals surface area contributed by atoms with E-state index in [4.69, 9.17) is 10.00 Å². The quantitative estimate of drug-likeness (QED) is 0.861. The number of methoxy groups -OCH3 is 1.